The first-order valence-electron chi connectivity index (χ1n) is 6.55. The van der Waals surface area contributed by atoms with Gasteiger partial charge >= 0.3 is 0 Å². The number of halogens is 2. The van der Waals surface area contributed by atoms with Gasteiger partial charge in [0.15, 0.2) is 0 Å². The van der Waals surface area contributed by atoms with Gasteiger partial charge in [-0.2, -0.15) is 0 Å². The standard InChI is InChI=1S/C16H19BrFNS/c1-16(2,3)14-8-7-13(20-14)15(19-4)10-5-6-11(17)12(18)9-10/h5-9,15,19H,1-4H3. The Morgan fingerprint density at radius 2 is 1.90 bits per heavy atom. The molecule has 0 aliphatic carbocycles. The van der Waals surface area contributed by atoms with Gasteiger partial charge in [0.1, 0.15) is 5.82 Å². The molecule has 2 aromatic rings. The van der Waals surface area contributed by atoms with Gasteiger partial charge in [-0.05, 0) is 58.2 Å². The molecule has 1 N–H and O–H groups in total. The quantitative estimate of drug-likeness (QED) is 0.791. The number of nitrogens with one attached hydrogen (secondary N) is 1. The van der Waals surface area contributed by atoms with E-state index < -0.39 is 0 Å². The lowest BCUT2D eigenvalue weighted by molar-refractivity contribution is 0.604. The average Bonchev–Trinajstić information content (AvgIpc) is 2.84. The molecule has 20 heavy (non-hydrogen) atoms. The summed E-state index contributed by atoms with van der Waals surface area (Å²) in [6, 6.07) is 9.62. The van der Waals surface area contributed by atoms with Crippen LogP contribution in [-0.4, -0.2) is 7.05 Å². The van der Waals surface area contributed by atoms with Gasteiger partial charge in [0.2, 0.25) is 0 Å². The Morgan fingerprint density at radius 3 is 2.40 bits per heavy atom. The van der Waals surface area contributed by atoms with Crippen LogP contribution in [0, 0.1) is 5.82 Å². The van der Waals surface area contributed by atoms with Gasteiger partial charge in [-0.25, -0.2) is 4.39 Å². The first kappa shape index (κ1) is 15.7. The van der Waals surface area contributed by atoms with Crippen LogP contribution in [0.25, 0.3) is 0 Å². The topological polar surface area (TPSA) is 12.0 Å². The zero-order valence-electron chi connectivity index (χ0n) is 12.1. The van der Waals surface area contributed by atoms with E-state index in [1.807, 2.05) is 13.1 Å². The molecule has 0 aliphatic rings. The summed E-state index contributed by atoms with van der Waals surface area (Å²) >= 11 is 4.97. The van der Waals surface area contributed by atoms with E-state index in [1.54, 1.807) is 23.5 Å². The van der Waals surface area contributed by atoms with Crippen LogP contribution in [-0.2, 0) is 5.41 Å². The first-order chi connectivity index (χ1) is 9.32. The molecule has 0 saturated heterocycles. The molecule has 4 heteroatoms. The Morgan fingerprint density at radius 1 is 1.20 bits per heavy atom. The van der Waals surface area contributed by atoms with Crippen LogP contribution in [0.2, 0.25) is 0 Å². The minimum absolute atomic E-state index is 0.0266. The third kappa shape index (κ3) is 3.30. The number of thiophene rings is 1. The average molecular weight is 356 g/mol. The van der Waals surface area contributed by atoms with Crippen LogP contribution in [0.15, 0.2) is 34.8 Å². The zero-order valence-corrected chi connectivity index (χ0v) is 14.5. The Kier molecular flexibility index (Phi) is 4.67. The molecule has 0 radical (unpaired) electrons. The normalized spacial score (nSPS) is 13.5. The Balaban J connectivity index is 2.37. The maximum Gasteiger partial charge on any atom is 0.137 e. The second-order valence-electron chi connectivity index (χ2n) is 5.85. The second-order valence-corrected chi connectivity index (χ2v) is 7.82. The number of benzene rings is 1. The molecule has 1 aromatic carbocycles. The highest BCUT2D eigenvalue weighted by Crippen LogP contribution is 2.35. The molecule has 2 rings (SSSR count). The predicted molar refractivity (Wildman–Crippen MR) is 88.0 cm³/mol. The molecule has 1 heterocycles. The van der Waals surface area contributed by atoms with E-state index in [4.69, 9.17) is 0 Å². The van der Waals surface area contributed by atoms with Gasteiger partial charge in [0.05, 0.1) is 10.5 Å². The van der Waals surface area contributed by atoms with Crippen molar-refractivity contribution < 1.29 is 4.39 Å². The third-order valence-corrected chi connectivity index (χ3v) is 5.44. The van der Waals surface area contributed by atoms with Gasteiger partial charge in [0.25, 0.3) is 0 Å². The van der Waals surface area contributed by atoms with Gasteiger partial charge in [-0.3, -0.25) is 0 Å². The highest BCUT2D eigenvalue weighted by atomic mass is 79.9. The number of rotatable bonds is 3. The van der Waals surface area contributed by atoms with E-state index in [1.165, 1.54) is 9.75 Å². The minimum atomic E-state index is -0.227. The van der Waals surface area contributed by atoms with Crippen molar-refractivity contribution in [3.63, 3.8) is 0 Å². The monoisotopic (exact) mass is 355 g/mol. The molecule has 1 unspecified atom stereocenters. The van der Waals surface area contributed by atoms with Crippen molar-refractivity contribution >= 4 is 27.3 Å². The van der Waals surface area contributed by atoms with Crippen LogP contribution in [0.3, 0.4) is 0 Å². The molecule has 1 atom stereocenters. The van der Waals surface area contributed by atoms with E-state index in [2.05, 4.69) is 54.2 Å². The lowest BCUT2D eigenvalue weighted by Gasteiger charge is -2.17. The molecule has 0 bridgehead atoms. The smallest absolute Gasteiger partial charge is 0.137 e. The number of hydrogen-bond acceptors (Lipinski definition) is 2. The summed E-state index contributed by atoms with van der Waals surface area (Å²) in [7, 11) is 1.90. The van der Waals surface area contributed by atoms with Crippen molar-refractivity contribution in [3.05, 3.63) is 55.9 Å². The van der Waals surface area contributed by atoms with Crippen molar-refractivity contribution in [2.75, 3.05) is 7.05 Å². The lowest BCUT2D eigenvalue weighted by atomic mass is 9.95. The van der Waals surface area contributed by atoms with Gasteiger partial charge in [-0.1, -0.05) is 26.8 Å². The summed E-state index contributed by atoms with van der Waals surface area (Å²) in [6.07, 6.45) is 0. The van der Waals surface area contributed by atoms with Crippen molar-refractivity contribution in [3.8, 4) is 0 Å². The number of hydrogen-bond donors (Lipinski definition) is 1. The maximum absolute atomic E-state index is 13.7. The van der Waals surface area contributed by atoms with Gasteiger partial charge in [0, 0.05) is 9.75 Å². The molecule has 0 amide bonds. The summed E-state index contributed by atoms with van der Waals surface area (Å²) in [4.78, 5) is 2.55. The summed E-state index contributed by atoms with van der Waals surface area (Å²) < 4.78 is 14.2. The SMILES string of the molecule is CNC(c1ccc(Br)c(F)c1)c1ccc(C(C)(C)C)s1. The highest BCUT2D eigenvalue weighted by Gasteiger charge is 2.20. The largest absolute Gasteiger partial charge is 0.309 e. The maximum atomic E-state index is 13.7. The first-order valence-corrected chi connectivity index (χ1v) is 8.16. The van der Waals surface area contributed by atoms with Crippen molar-refractivity contribution in [1.29, 1.82) is 0 Å². The molecule has 0 saturated carbocycles. The van der Waals surface area contributed by atoms with Crippen molar-refractivity contribution in [2.45, 2.75) is 32.2 Å². The van der Waals surface area contributed by atoms with Crippen LogP contribution >= 0.6 is 27.3 Å². The summed E-state index contributed by atoms with van der Waals surface area (Å²) in [5.74, 6) is -0.227. The van der Waals surface area contributed by atoms with Gasteiger partial charge < -0.3 is 5.32 Å². The molecular formula is C16H19BrFNS. The van der Waals surface area contributed by atoms with E-state index in [0.29, 0.717) is 4.47 Å². The van der Waals surface area contributed by atoms with Crippen LogP contribution < -0.4 is 5.32 Å². The minimum Gasteiger partial charge on any atom is -0.309 e. The predicted octanol–water partition coefficient (Wildman–Crippen LogP) is 5.26. The van der Waals surface area contributed by atoms with Gasteiger partial charge in [-0.15, -0.1) is 11.3 Å². The third-order valence-electron chi connectivity index (χ3n) is 3.22. The second kappa shape index (κ2) is 5.96. The molecule has 1 aromatic heterocycles. The molecule has 0 spiro atoms. The van der Waals surface area contributed by atoms with E-state index in [9.17, 15) is 4.39 Å². The summed E-state index contributed by atoms with van der Waals surface area (Å²) in [5.41, 5.74) is 1.09. The Labute approximate surface area is 132 Å². The lowest BCUT2D eigenvalue weighted by Crippen LogP contribution is -2.16. The van der Waals surface area contributed by atoms with Crippen LogP contribution in [0.4, 0.5) is 4.39 Å². The molecule has 0 aliphatic heterocycles. The summed E-state index contributed by atoms with van der Waals surface area (Å²) in [5, 5.41) is 3.27. The highest BCUT2D eigenvalue weighted by molar-refractivity contribution is 9.10. The van der Waals surface area contributed by atoms with E-state index >= 15 is 0 Å². The Bertz CT molecular complexity index is 601. The fourth-order valence-corrected chi connectivity index (χ4v) is 3.53. The fourth-order valence-electron chi connectivity index (χ4n) is 2.08. The zero-order chi connectivity index (χ0) is 14.9. The Hall–Kier alpha value is -0.710. The van der Waals surface area contributed by atoms with E-state index in [0.717, 1.165) is 5.56 Å². The van der Waals surface area contributed by atoms with Crippen molar-refractivity contribution in [1.82, 2.24) is 5.32 Å². The summed E-state index contributed by atoms with van der Waals surface area (Å²) in [6.45, 7) is 6.61. The van der Waals surface area contributed by atoms with Crippen molar-refractivity contribution in [2.24, 2.45) is 0 Å². The van der Waals surface area contributed by atoms with Crippen LogP contribution in [0.1, 0.15) is 42.1 Å². The molecular weight excluding hydrogens is 337 g/mol. The van der Waals surface area contributed by atoms with E-state index in [-0.39, 0.29) is 17.3 Å². The van der Waals surface area contributed by atoms with Crippen LogP contribution in [0.5, 0.6) is 0 Å². The molecule has 0 fully saturated rings. The molecule has 1 nitrogen and oxygen atoms in total. The fraction of sp³-hybridized carbons (Fsp3) is 0.375. The molecule has 108 valence electrons.